The van der Waals surface area contributed by atoms with Crippen LogP contribution in [0.25, 0.3) is 0 Å². The second kappa shape index (κ2) is 11.2. The van der Waals surface area contributed by atoms with Gasteiger partial charge in [0.1, 0.15) is 6.54 Å². The molecular formula is C16H32N4O3. The van der Waals surface area contributed by atoms with Gasteiger partial charge in [0.25, 0.3) is 0 Å². The Morgan fingerprint density at radius 2 is 1.87 bits per heavy atom. The molecule has 0 bridgehead atoms. The largest absolute Gasteiger partial charge is 0.385 e. The first-order chi connectivity index (χ1) is 11.2. The summed E-state index contributed by atoms with van der Waals surface area (Å²) in [5, 5.41) is 9.32. The minimum atomic E-state index is -0.100. The number of methoxy groups -OCH3 is 2. The van der Waals surface area contributed by atoms with Gasteiger partial charge in [0.2, 0.25) is 5.91 Å². The lowest BCUT2D eigenvalue weighted by atomic mass is 9.67. The normalized spacial score (nSPS) is 16.6. The molecular weight excluding hydrogens is 296 g/mol. The smallest absolute Gasteiger partial charge is 0.241 e. The van der Waals surface area contributed by atoms with Crippen molar-refractivity contribution in [2.45, 2.75) is 32.6 Å². The maximum Gasteiger partial charge on any atom is 0.241 e. The SMILES string of the molecule is CCNC(=NCC(=O)NCCOC)NCC1(CCOC)CCC1. The average molecular weight is 328 g/mol. The molecule has 1 rings (SSSR count). The Labute approximate surface area is 139 Å². The molecule has 1 aliphatic rings. The van der Waals surface area contributed by atoms with Crippen LogP contribution in [0.5, 0.6) is 0 Å². The van der Waals surface area contributed by atoms with Crippen molar-refractivity contribution in [3.63, 3.8) is 0 Å². The summed E-state index contributed by atoms with van der Waals surface area (Å²) in [7, 11) is 3.35. The molecule has 0 saturated heterocycles. The van der Waals surface area contributed by atoms with E-state index in [1.165, 1.54) is 19.3 Å². The van der Waals surface area contributed by atoms with E-state index < -0.39 is 0 Å². The lowest BCUT2D eigenvalue weighted by molar-refractivity contribution is -0.119. The molecule has 0 aromatic rings. The maximum atomic E-state index is 11.7. The van der Waals surface area contributed by atoms with Gasteiger partial charge >= 0.3 is 0 Å². The Hall–Kier alpha value is -1.34. The highest BCUT2D eigenvalue weighted by molar-refractivity contribution is 5.84. The van der Waals surface area contributed by atoms with Gasteiger partial charge in [0.05, 0.1) is 6.61 Å². The molecule has 0 unspecified atom stereocenters. The van der Waals surface area contributed by atoms with Crippen LogP contribution >= 0.6 is 0 Å². The highest BCUT2D eigenvalue weighted by atomic mass is 16.5. The van der Waals surface area contributed by atoms with Crippen LogP contribution < -0.4 is 16.0 Å². The molecule has 23 heavy (non-hydrogen) atoms. The van der Waals surface area contributed by atoms with E-state index in [2.05, 4.69) is 20.9 Å². The number of carbonyl (C=O) groups excluding carboxylic acids is 1. The minimum Gasteiger partial charge on any atom is -0.385 e. The number of aliphatic imine (C=N–C) groups is 1. The van der Waals surface area contributed by atoms with Gasteiger partial charge in [-0.1, -0.05) is 6.42 Å². The summed E-state index contributed by atoms with van der Waals surface area (Å²) in [4.78, 5) is 16.0. The third kappa shape index (κ3) is 7.65. The lowest BCUT2D eigenvalue weighted by Crippen LogP contribution is -2.47. The predicted molar refractivity (Wildman–Crippen MR) is 91.6 cm³/mol. The minimum absolute atomic E-state index is 0.100. The van der Waals surface area contributed by atoms with E-state index in [9.17, 15) is 4.79 Å². The molecule has 7 nitrogen and oxygen atoms in total. The van der Waals surface area contributed by atoms with Crippen LogP contribution in [0.4, 0.5) is 0 Å². The Morgan fingerprint density at radius 1 is 1.13 bits per heavy atom. The van der Waals surface area contributed by atoms with E-state index in [0.717, 1.165) is 26.1 Å². The summed E-state index contributed by atoms with van der Waals surface area (Å²) in [5.41, 5.74) is 0.312. The topological polar surface area (TPSA) is 84.0 Å². The molecule has 3 N–H and O–H groups in total. The van der Waals surface area contributed by atoms with E-state index in [-0.39, 0.29) is 12.5 Å². The summed E-state index contributed by atoms with van der Waals surface area (Å²) in [6.45, 7) is 5.57. The average Bonchev–Trinajstić information content (AvgIpc) is 2.51. The number of carbonyl (C=O) groups is 1. The molecule has 0 radical (unpaired) electrons. The number of nitrogens with zero attached hydrogens (tertiary/aromatic N) is 1. The van der Waals surface area contributed by atoms with E-state index in [4.69, 9.17) is 9.47 Å². The molecule has 1 aliphatic carbocycles. The van der Waals surface area contributed by atoms with E-state index >= 15 is 0 Å². The number of nitrogens with one attached hydrogen (secondary N) is 3. The van der Waals surface area contributed by atoms with Crippen molar-refractivity contribution in [3.05, 3.63) is 0 Å². The molecule has 0 heterocycles. The van der Waals surface area contributed by atoms with Crippen LogP contribution in [-0.4, -0.2) is 65.5 Å². The van der Waals surface area contributed by atoms with Gasteiger partial charge < -0.3 is 25.4 Å². The van der Waals surface area contributed by atoms with E-state index in [0.29, 0.717) is 24.5 Å². The first-order valence-electron chi connectivity index (χ1n) is 8.42. The van der Waals surface area contributed by atoms with Crippen molar-refractivity contribution in [2.75, 3.05) is 53.6 Å². The van der Waals surface area contributed by atoms with Crippen molar-refractivity contribution in [1.82, 2.24) is 16.0 Å². The third-order valence-corrected chi connectivity index (χ3v) is 4.23. The standard InChI is InChI=1S/C16H32N4O3/c1-4-17-15(19-12-14(21)18-9-11-23-3)20-13-16(6-5-7-16)8-10-22-2/h4-13H2,1-3H3,(H,18,21)(H2,17,19,20). The van der Waals surface area contributed by atoms with Gasteiger partial charge in [0.15, 0.2) is 5.96 Å². The zero-order valence-electron chi connectivity index (χ0n) is 14.7. The van der Waals surface area contributed by atoms with Crippen molar-refractivity contribution < 1.29 is 14.3 Å². The Balaban J connectivity index is 2.40. The number of guanidine groups is 1. The van der Waals surface area contributed by atoms with Crippen LogP contribution in [-0.2, 0) is 14.3 Å². The second-order valence-electron chi connectivity index (χ2n) is 5.99. The van der Waals surface area contributed by atoms with Gasteiger partial charge in [-0.2, -0.15) is 0 Å². The number of hydrogen-bond donors (Lipinski definition) is 3. The molecule has 0 aromatic heterocycles. The van der Waals surface area contributed by atoms with Gasteiger partial charge in [-0.25, -0.2) is 4.99 Å². The summed E-state index contributed by atoms with van der Waals surface area (Å²) >= 11 is 0. The Kier molecular flexibility index (Phi) is 9.63. The number of ether oxygens (including phenoxy) is 2. The highest BCUT2D eigenvalue weighted by Gasteiger charge is 2.36. The molecule has 1 saturated carbocycles. The second-order valence-corrected chi connectivity index (χ2v) is 5.99. The highest BCUT2D eigenvalue weighted by Crippen LogP contribution is 2.43. The van der Waals surface area contributed by atoms with Gasteiger partial charge in [-0.05, 0) is 31.6 Å². The zero-order chi connectivity index (χ0) is 17.0. The fourth-order valence-corrected chi connectivity index (χ4v) is 2.62. The molecule has 7 heteroatoms. The summed E-state index contributed by atoms with van der Waals surface area (Å²) in [5.74, 6) is 0.593. The van der Waals surface area contributed by atoms with Crippen molar-refractivity contribution in [2.24, 2.45) is 10.4 Å². The first-order valence-corrected chi connectivity index (χ1v) is 8.42. The number of hydrogen-bond acceptors (Lipinski definition) is 4. The number of amides is 1. The van der Waals surface area contributed by atoms with Crippen LogP contribution in [0.15, 0.2) is 4.99 Å². The van der Waals surface area contributed by atoms with E-state index in [1.807, 2.05) is 6.92 Å². The quantitative estimate of drug-likeness (QED) is 0.292. The van der Waals surface area contributed by atoms with E-state index in [1.54, 1.807) is 14.2 Å². The van der Waals surface area contributed by atoms with Crippen LogP contribution in [0.2, 0.25) is 0 Å². The van der Waals surface area contributed by atoms with Crippen molar-refractivity contribution >= 4 is 11.9 Å². The molecule has 0 aromatic carbocycles. The maximum absolute atomic E-state index is 11.7. The van der Waals surface area contributed by atoms with Crippen molar-refractivity contribution in [3.8, 4) is 0 Å². The molecule has 0 atom stereocenters. The molecule has 1 amide bonds. The van der Waals surface area contributed by atoms with Gasteiger partial charge in [-0.15, -0.1) is 0 Å². The van der Waals surface area contributed by atoms with Crippen molar-refractivity contribution in [1.29, 1.82) is 0 Å². The van der Waals surface area contributed by atoms with Crippen LogP contribution in [0, 0.1) is 5.41 Å². The lowest BCUT2D eigenvalue weighted by Gasteiger charge is -2.42. The van der Waals surface area contributed by atoms with Crippen LogP contribution in [0.3, 0.4) is 0 Å². The number of rotatable bonds is 11. The molecule has 0 spiro atoms. The Morgan fingerprint density at radius 3 is 2.43 bits per heavy atom. The fraction of sp³-hybridized carbons (Fsp3) is 0.875. The zero-order valence-corrected chi connectivity index (χ0v) is 14.7. The third-order valence-electron chi connectivity index (χ3n) is 4.23. The molecule has 0 aliphatic heterocycles. The first kappa shape index (κ1) is 19.7. The fourth-order valence-electron chi connectivity index (χ4n) is 2.62. The Bertz CT molecular complexity index is 370. The monoisotopic (exact) mass is 328 g/mol. The summed E-state index contributed by atoms with van der Waals surface area (Å²) in [6.07, 6.45) is 4.79. The summed E-state index contributed by atoms with van der Waals surface area (Å²) < 4.78 is 10.1. The molecule has 1 fully saturated rings. The molecule has 134 valence electrons. The summed E-state index contributed by atoms with van der Waals surface area (Å²) in [6, 6.07) is 0. The van der Waals surface area contributed by atoms with Gasteiger partial charge in [0, 0.05) is 40.5 Å². The van der Waals surface area contributed by atoms with Crippen LogP contribution in [0.1, 0.15) is 32.6 Å². The predicted octanol–water partition coefficient (Wildman–Crippen LogP) is 0.511. The van der Waals surface area contributed by atoms with Gasteiger partial charge in [-0.3, -0.25) is 4.79 Å².